The average molecular weight is 348 g/mol. The van der Waals surface area contributed by atoms with Gasteiger partial charge in [0.1, 0.15) is 6.54 Å². The molecule has 0 bridgehead atoms. The van der Waals surface area contributed by atoms with Gasteiger partial charge in [-0.2, -0.15) is 13.2 Å². The van der Waals surface area contributed by atoms with Gasteiger partial charge in [0.05, 0.1) is 0 Å². The summed E-state index contributed by atoms with van der Waals surface area (Å²) in [4.78, 5) is 27.5. The van der Waals surface area contributed by atoms with Gasteiger partial charge in [0.2, 0.25) is 11.8 Å². The molecule has 1 aliphatic heterocycles. The molecule has 2 fully saturated rings. The first-order chi connectivity index (χ1) is 11.1. The number of carbonyl (C=O) groups excluding carboxylic acids is 2. The zero-order valence-corrected chi connectivity index (χ0v) is 14.6. The van der Waals surface area contributed by atoms with Crippen LogP contribution in [0, 0.1) is 17.8 Å². The van der Waals surface area contributed by atoms with E-state index in [0.29, 0.717) is 25.9 Å². The van der Waals surface area contributed by atoms with E-state index < -0.39 is 30.6 Å². The summed E-state index contributed by atoms with van der Waals surface area (Å²) in [5.74, 6) is -0.611. The minimum Gasteiger partial charge on any atom is -0.342 e. The van der Waals surface area contributed by atoms with Crippen molar-refractivity contribution in [2.24, 2.45) is 17.8 Å². The Bertz CT molecular complexity index is 467. The Balaban J connectivity index is 1.97. The van der Waals surface area contributed by atoms with Gasteiger partial charge >= 0.3 is 6.18 Å². The van der Waals surface area contributed by atoms with Gasteiger partial charge in [-0.25, -0.2) is 0 Å². The van der Waals surface area contributed by atoms with Crippen molar-refractivity contribution in [1.82, 2.24) is 9.80 Å². The van der Waals surface area contributed by atoms with Crippen molar-refractivity contribution < 1.29 is 22.8 Å². The first-order valence-corrected chi connectivity index (χ1v) is 8.76. The van der Waals surface area contributed by atoms with Crippen LogP contribution in [0.1, 0.15) is 46.5 Å². The van der Waals surface area contributed by atoms with E-state index in [0.717, 1.165) is 17.7 Å². The van der Waals surface area contributed by atoms with Crippen molar-refractivity contribution in [2.75, 3.05) is 19.6 Å². The molecule has 0 unspecified atom stereocenters. The van der Waals surface area contributed by atoms with Gasteiger partial charge in [-0.3, -0.25) is 9.59 Å². The van der Waals surface area contributed by atoms with E-state index in [9.17, 15) is 22.8 Å². The smallest absolute Gasteiger partial charge is 0.342 e. The van der Waals surface area contributed by atoms with Crippen LogP contribution in [0.5, 0.6) is 0 Å². The van der Waals surface area contributed by atoms with E-state index in [4.69, 9.17) is 0 Å². The van der Waals surface area contributed by atoms with Crippen LogP contribution in [0.15, 0.2) is 0 Å². The number of hydrogen-bond donors (Lipinski definition) is 0. The summed E-state index contributed by atoms with van der Waals surface area (Å²) in [5, 5.41) is 0. The lowest BCUT2D eigenvalue weighted by molar-refractivity contribution is -0.170. The second kappa shape index (κ2) is 7.31. The van der Waals surface area contributed by atoms with Crippen molar-refractivity contribution in [2.45, 2.75) is 58.7 Å². The van der Waals surface area contributed by atoms with Gasteiger partial charge < -0.3 is 9.80 Å². The number of hydrogen-bond acceptors (Lipinski definition) is 2. The number of carbonyl (C=O) groups is 2. The van der Waals surface area contributed by atoms with Gasteiger partial charge in [0, 0.05) is 31.0 Å². The molecule has 7 heteroatoms. The maximum atomic E-state index is 12.9. The average Bonchev–Trinajstić information content (AvgIpc) is 3.34. The topological polar surface area (TPSA) is 40.6 Å². The molecule has 0 N–H and O–H groups in total. The van der Waals surface area contributed by atoms with Crippen LogP contribution in [-0.4, -0.2) is 53.5 Å². The predicted molar refractivity (Wildman–Crippen MR) is 84.1 cm³/mol. The molecule has 0 aromatic rings. The van der Waals surface area contributed by atoms with Crippen LogP contribution >= 0.6 is 0 Å². The Kier molecular flexibility index (Phi) is 5.81. The van der Waals surface area contributed by atoms with Crippen LogP contribution in [0.25, 0.3) is 0 Å². The molecule has 0 spiro atoms. The Labute approximate surface area is 141 Å². The van der Waals surface area contributed by atoms with Crippen molar-refractivity contribution in [3.05, 3.63) is 0 Å². The van der Waals surface area contributed by atoms with Gasteiger partial charge in [0.15, 0.2) is 0 Å². The quantitative estimate of drug-likeness (QED) is 0.766. The third-order valence-corrected chi connectivity index (χ3v) is 5.17. The second-order valence-electron chi connectivity index (χ2n) is 7.44. The monoisotopic (exact) mass is 348 g/mol. The zero-order chi connectivity index (χ0) is 18.1. The van der Waals surface area contributed by atoms with E-state index in [2.05, 4.69) is 0 Å². The number of piperidine rings is 1. The van der Waals surface area contributed by atoms with Crippen molar-refractivity contribution in [1.29, 1.82) is 0 Å². The molecule has 0 aromatic carbocycles. The lowest BCUT2D eigenvalue weighted by Crippen LogP contribution is -2.51. The highest BCUT2D eigenvalue weighted by Crippen LogP contribution is 2.33. The van der Waals surface area contributed by atoms with Crippen LogP contribution in [0.4, 0.5) is 13.2 Å². The molecule has 4 nitrogen and oxygen atoms in total. The number of amides is 2. The van der Waals surface area contributed by atoms with Crippen molar-refractivity contribution >= 4 is 11.8 Å². The lowest BCUT2D eigenvalue weighted by Gasteiger charge is -2.38. The van der Waals surface area contributed by atoms with E-state index in [1.165, 1.54) is 0 Å². The first-order valence-electron chi connectivity index (χ1n) is 8.76. The molecule has 2 aliphatic rings. The van der Waals surface area contributed by atoms with Gasteiger partial charge in [-0.15, -0.1) is 0 Å². The SMILES string of the molecule is CC(C)[C@@H](C)N(CC(F)(F)F)C(=O)C1CCN(C(=O)C2CC2)CC1. The fourth-order valence-corrected chi connectivity index (χ4v) is 3.15. The van der Waals surface area contributed by atoms with Gasteiger partial charge in [-0.1, -0.05) is 13.8 Å². The number of likely N-dealkylation sites (tertiary alicyclic amines) is 1. The Morgan fingerprint density at radius 1 is 1.04 bits per heavy atom. The lowest BCUT2D eigenvalue weighted by atomic mass is 9.93. The summed E-state index contributed by atoms with van der Waals surface area (Å²) in [6.07, 6.45) is -1.62. The number of alkyl halides is 3. The van der Waals surface area contributed by atoms with E-state index in [-0.39, 0.29) is 17.7 Å². The molecule has 0 radical (unpaired) electrons. The minimum atomic E-state index is -4.40. The van der Waals surface area contributed by atoms with E-state index in [1.54, 1.807) is 11.8 Å². The molecule has 1 saturated heterocycles. The fourth-order valence-electron chi connectivity index (χ4n) is 3.15. The molecule has 1 saturated carbocycles. The molecule has 1 atom stereocenters. The van der Waals surface area contributed by atoms with Crippen molar-refractivity contribution in [3.8, 4) is 0 Å². The summed E-state index contributed by atoms with van der Waals surface area (Å²) in [5.41, 5.74) is 0. The molecule has 1 aliphatic carbocycles. The largest absolute Gasteiger partial charge is 0.406 e. The van der Waals surface area contributed by atoms with Crippen LogP contribution in [0.2, 0.25) is 0 Å². The summed E-state index contributed by atoms with van der Waals surface area (Å²) < 4.78 is 38.6. The Morgan fingerprint density at radius 2 is 1.58 bits per heavy atom. The van der Waals surface area contributed by atoms with Gasteiger partial charge in [-0.05, 0) is 38.5 Å². The molecule has 2 rings (SSSR count). The zero-order valence-electron chi connectivity index (χ0n) is 14.6. The third-order valence-electron chi connectivity index (χ3n) is 5.17. The van der Waals surface area contributed by atoms with E-state index >= 15 is 0 Å². The van der Waals surface area contributed by atoms with Crippen molar-refractivity contribution in [3.63, 3.8) is 0 Å². The van der Waals surface area contributed by atoms with Gasteiger partial charge in [0.25, 0.3) is 0 Å². The fraction of sp³-hybridized carbons (Fsp3) is 0.882. The molecule has 24 heavy (non-hydrogen) atoms. The van der Waals surface area contributed by atoms with Crippen LogP contribution < -0.4 is 0 Å². The highest BCUT2D eigenvalue weighted by molar-refractivity contribution is 5.82. The number of rotatable bonds is 5. The normalized spacial score (nSPS) is 21.0. The number of halogens is 3. The summed E-state index contributed by atoms with van der Waals surface area (Å²) in [7, 11) is 0. The highest BCUT2D eigenvalue weighted by Gasteiger charge is 2.40. The predicted octanol–water partition coefficient (Wildman–Crippen LogP) is 3.07. The first kappa shape index (κ1) is 19.1. The molecule has 1 heterocycles. The second-order valence-corrected chi connectivity index (χ2v) is 7.44. The third kappa shape index (κ3) is 4.86. The van der Waals surface area contributed by atoms with E-state index in [1.807, 2.05) is 13.8 Å². The number of nitrogens with zero attached hydrogens (tertiary/aromatic N) is 2. The summed E-state index contributed by atoms with van der Waals surface area (Å²) >= 11 is 0. The highest BCUT2D eigenvalue weighted by atomic mass is 19.4. The molecule has 2 amide bonds. The standard InChI is InChI=1S/C17H27F3N2O2/c1-11(2)12(3)22(10-17(18,19)20)16(24)14-6-8-21(9-7-14)15(23)13-4-5-13/h11-14H,4-10H2,1-3H3/t12-/m1/s1. The maximum absolute atomic E-state index is 12.9. The molecule has 0 aromatic heterocycles. The summed E-state index contributed by atoms with van der Waals surface area (Å²) in [6, 6.07) is -0.467. The van der Waals surface area contributed by atoms with Crippen LogP contribution in [-0.2, 0) is 9.59 Å². The Hall–Kier alpha value is -1.27. The Morgan fingerprint density at radius 3 is 2.00 bits per heavy atom. The van der Waals surface area contributed by atoms with Crippen LogP contribution in [0.3, 0.4) is 0 Å². The molecular weight excluding hydrogens is 321 g/mol. The molecule has 138 valence electrons. The minimum absolute atomic E-state index is 0.0483. The summed E-state index contributed by atoms with van der Waals surface area (Å²) in [6.45, 7) is 5.05. The maximum Gasteiger partial charge on any atom is 0.406 e. The molecular formula is C17H27F3N2O2.